The van der Waals surface area contributed by atoms with Gasteiger partial charge in [-0.15, -0.1) is 0 Å². The molecule has 0 spiro atoms. The second-order valence-corrected chi connectivity index (χ2v) is 4.77. The Labute approximate surface area is 111 Å². The van der Waals surface area contributed by atoms with Crippen molar-refractivity contribution in [2.75, 3.05) is 18.4 Å². The molecule has 2 rings (SSSR count). The van der Waals surface area contributed by atoms with E-state index in [-0.39, 0.29) is 23.2 Å². The highest BCUT2D eigenvalue weighted by atomic mass is 35.5. The fraction of sp³-hybridized carbons (Fsp3) is 0.462. The summed E-state index contributed by atoms with van der Waals surface area (Å²) in [6.07, 6.45) is 2.15. The zero-order chi connectivity index (χ0) is 13.1. The smallest absolute Gasteiger partial charge is 0.242 e. The van der Waals surface area contributed by atoms with E-state index in [0.29, 0.717) is 12.6 Å². The minimum atomic E-state index is -0.513. The van der Waals surface area contributed by atoms with Crippen molar-refractivity contribution in [1.82, 2.24) is 4.90 Å². The Morgan fingerprint density at radius 1 is 1.56 bits per heavy atom. The van der Waals surface area contributed by atoms with Crippen LogP contribution in [-0.4, -0.2) is 29.9 Å². The minimum Gasteiger partial charge on any atom is -0.374 e. The molecule has 0 heterocycles. The maximum Gasteiger partial charge on any atom is 0.242 e. The molecule has 1 amide bonds. The van der Waals surface area contributed by atoms with Gasteiger partial charge >= 0.3 is 0 Å². The molecular formula is C13H16ClFN2O. The van der Waals surface area contributed by atoms with Crippen molar-refractivity contribution in [3.63, 3.8) is 0 Å². The van der Waals surface area contributed by atoms with Crippen LogP contribution in [0.1, 0.15) is 19.8 Å². The predicted molar refractivity (Wildman–Crippen MR) is 70.3 cm³/mol. The number of carbonyl (C=O) groups is 1. The fourth-order valence-electron chi connectivity index (χ4n) is 1.94. The molecule has 0 atom stereocenters. The van der Waals surface area contributed by atoms with E-state index in [2.05, 4.69) is 5.32 Å². The van der Waals surface area contributed by atoms with Crippen molar-refractivity contribution < 1.29 is 9.18 Å². The van der Waals surface area contributed by atoms with Crippen molar-refractivity contribution in [2.24, 2.45) is 0 Å². The van der Waals surface area contributed by atoms with Gasteiger partial charge in [0.15, 0.2) is 5.82 Å². The van der Waals surface area contributed by atoms with Gasteiger partial charge in [-0.25, -0.2) is 4.39 Å². The Bertz CT molecular complexity index is 449. The zero-order valence-electron chi connectivity index (χ0n) is 10.2. The number of nitrogens with zero attached hydrogens (tertiary/aromatic N) is 1. The second kappa shape index (κ2) is 5.57. The van der Waals surface area contributed by atoms with E-state index in [1.165, 1.54) is 6.07 Å². The standard InChI is InChI=1S/C13H16ClFN2O/c1-2-17(9-6-7-9)12(18)8-16-11-5-3-4-10(14)13(11)15/h3-5,9,16H,2,6-8H2,1H3. The van der Waals surface area contributed by atoms with Gasteiger partial charge in [0.1, 0.15) is 0 Å². The van der Waals surface area contributed by atoms with Gasteiger partial charge in [-0.1, -0.05) is 17.7 Å². The summed E-state index contributed by atoms with van der Waals surface area (Å²) in [4.78, 5) is 13.8. The van der Waals surface area contributed by atoms with Crippen LogP contribution < -0.4 is 5.32 Å². The summed E-state index contributed by atoms with van der Waals surface area (Å²) < 4.78 is 13.6. The average Bonchev–Trinajstić information content (AvgIpc) is 3.16. The second-order valence-electron chi connectivity index (χ2n) is 4.37. The molecule has 3 nitrogen and oxygen atoms in total. The number of carbonyl (C=O) groups excluding carboxylic acids is 1. The number of amides is 1. The molecule has 1 aromatic rings. The van der Waals surface area contributed by atoms with E-state index in [1.54, 1.807) is 12.1 Å². The third-order valence-electron chi connectivity index (χ3n) is 3.03. The Balaban J connectivity index is 1.94. The van der Waals surface area contributed by atoms with Crippen LogP contribution in [0.3, 0.4) is 0 Å². The monoisotopic (exact) mass is 270 g/mol. The normalized spacial score (nSPS) is 14.4. The van der Waals surface area contributed by atoms with Crippen LogP contribution in [0.25, 0.3) is 0 Å². The Morgan fingerprint density at radius 2 is 2.28 bits per heavy atom. The molecule has 1 N–H and O–H groups in total. The third kappa shape index (κ3) is 2.93. The summed E-state index contributed by atoms with van der Waals surface area (Å²) in [5.74, 6) is -0.513. The topological polar surface area (TPSA) is 32.3 Å². The number of benzene rings is 1. The van der Waals surface area contributed by atoms with E-state index in [0.717, 1.165) is 12.8 Å². The highest BCUT2D eigenvalue weighted by Gasteiger charge is 2.30. The number of halogens is 2. The van der Waals surface area contributed by atoms with E-state index < -0.39 is 5.82 Å². The van der Waals surface area contributed by atoms with Crippen molar-refractivity contribution >= 4 is 23.2 Å². The van der Waals surface area contributed by atoms with Gasteiger partial charge in [0.05, 0.1) is 17.3 Å². The van der Waals surface area contributed by atoms with Crippen LogP contribution in [0, 0.1) is 5.82 Å². The largest absolute Gasteiger partial charge is 0.374 e. The lowest BCUT2D eigenvalue weighted by atomic mass is 10.3. The first-order valence-corrected chi connectivity index (χ1v) is 6.48. The SMILES string of the molecule is CCN(C(=O)CNc1cccc(Cl)c1F)C1CC1. The van der Waals surface area contributed by atoms with Crippen molar-refractivity contribution in [3.8, 4) is 0 Å². The van der Waals surface area contributed by atoms with E-state index >= 15 is 0 Å². The highest BCUT2D eigenvalue weighted by Crippen LogP contribution is 2.27. The molecule has 0 aliphatic heterocycles. The summed E-state index contributed by atoms with van der Waals surface area (Å²) in [7, 11) is 0. The number of nitrogens with one attached hydrogen (secondary N) is 1. The molecule has 0 bridgehead atoms. The number of anilines is 1. The molecule has 0 saturated heterocycles. The van der Waals surface area contributed by atoms with Gasteiger partial charge < -0.3 is 10.2 Å². The predicted octanol–water partition coefficient (Wildman–Crippen LogP) is 2.90. The summed E-state index contributed by atoms with van der Waals surface area (Å²) in [5.41, 5.74) is 0.266. The zero-order valence-corrected chi connectivity index (χ0v) is 11.0. The van der Waals surface area contributed by atoms with Crippen molar-refractivity contribution in [1.29, 1.82) is 0 Å². The molecule has 1 fully saturated rings. The minimum absolute atomic E-state index is 0.000578. The summed E-state index contributed by atoms with van der Waals surface area (Å²) in [6, 6.07) is 5.08. The van der Waals surface area contributed by atoms with Crippen LogP contribution >= 0.6 is 11.6 Å². The van der Waals surface area contributed by atoms with Crippen LogP contribution in [-0.2, 0) is 4.79 Å². The van der Waals surface area contributed by atoms with E-state index in [1.807, 2.05) is 11.8 Å². The van der Waals surface area contributed by atoms with Gasteiger partial charge in [-0.3, -0.25) is 4.79 Å². The number of hydrogen-bond acceptors (Lipinski definition) is 2. The summed E-state index contributed by atoms with van der Waals surface area (Å²) >= 11 is 5.67. The van der Waals surface area contributed by atoms with Gasteiger partial charge in [0, 0.05) is 12.6 Å². The maximum absolute atomic E-state index is 13.6. The summed E-state index contributed by atoms with van der Waals surface area (Å²) in [5, 5.41) is 2.86. The molecule has 0 aromatic heterocycles. The first kappa shape index (κ1) is 13.1. The van der Waals surface area contributed by atoms with Gasteiger partial charge in [-0.2, -0.15) is 0 Å². The lowest BCUT2D eigenvalue weighted by Gasteiger charge is -2.20. The van der Waals surface area contributed by atoms with Crippen LogP contribution in [0.2, 0.25) is 5.02 Å². The van der Waals surface area contributed by atoms with Crippen LogP contribution in [0.4, 0.5) is 10.1 Å². The van der Waals surface area contributed by atoms with Crippen molar-refractivity contribution in [2.45, 2.75) is 25.8 Å². The van der Waals surface area contributed by atoms with Crippen LogP contribution in [0.5, 0.6) is 0 Å². The van der Waals surface area contributed by atoms with E-state index in [9.17, 15) is 9.18 Å². The number of rotatable bonds is 5. The fourth-order valence-corrected chi connectivity index (χ4v) is 2.11. The molecule has 5 heteroatoms. The lowest BCUT2D eigenvalue weighted by molar-refractivity contribution is -0.129. The van der Waals surface area contributed by atoms with Crippen LogP contribution in [0.15, 0.2) is 18.2 Å². The number of likely N-dealkylation sites (N-methyl/N-ethyl adjacent to an activating group) is 1. The molecule has 0 unspecified atom stereocenters. The molecular weight excluding hydrogens is 255 g/mol. The Kier molecular flexibility index (Phi) is 4.07. The molecule has 1 aliphatic carbocycles. The highest BCUT2D eigenvalue weighted by molar-refractivity contribution is 6.31. The average molecular weight is 271 g/mol. The molecule has 1 aliphatic rings. The van der Waals surface area contributed by atoms with Gasteiger partial charge in [0.2, 0.25) is 5.91 Å². The lowest BCUT2D eigenvalue weighted by Crippen LogP contribution is -2.37. The van der Waals surface area contributed by atoms with Gasteiger partial charge in [0.25, 0.3) is 0 Å². The first-order chi connectivity index (χ1) is 8.63. The Morgan fingerprint density at radius 3 is 2.89 bits per heavy atom. The molecule has 1 aromatic carbocycles. The maximum atomic E-state index is 13.6. The summed E-state index contributed by atoms with van der Waals surface area (Å²) in [6.45, 7) is 2.75. The van der Waals surface area contributed by atoms with Gasteiger partial charge in [-0.05, 0) is 31.9 Å². The Hall–Kier alpha value is -1.29. The molecule has 1 saturated carbocycles. The third-order valence-corrected chi connectivity index (χ3v) is 3.32. The molecule has 0 radical (unpaired) electrons. The number of hydrogen-bond donors (Lipinski definition) is 1. The quantitative estimate of drug-likeness (QED) is 0.892. The first-order valence-electron chi connectivity index (χ1n) is 6.10. The molecule has 98 valence electrons. The van der Waals surface area contributed by atoms with E-state index in [4.69, 9.17) is 11.6 Å². The molecule has 18 heavy (non-hydrogen) atoms. The van der Waals surface area contributed by atoms with Crippen molar-refractivity contribution in [3.05, 3.63) is 29.0 Å².